The first kappa shape index (κ1) is 67.2. The van der Waals surface area contributed by atoms with Gasteiger partial charge < -0.3 is 52.4 Å². The summed E-state index contributed by atoms with van der Waals surface area (Å²) >= 11 is 0. The number of nitriles is 1. The second-order valence-corrected chi connectivity index (χ2v) is 27.0. The van der Waals surface area contributed by atoms with E-state index >= 15 is 0 Å². The standard InChI is InChI=1S/C72H83N4O14P/c1-46(2)76(47(3)4)91(85-39-19-37-73)90-57-41-52(45-84-71(49-20-15-13-16-21-49,50-24-28-53(82-11)29-25-50)51-26-30-54(83-12)31-27-51)75(44-57)64(77)22-17-14-18-38-74-65(78)48-23-34-58-61(40-48)72(89-66(58)79)59-35-32-55(86-67(80)69(5,6)7)42-62(59)88-63-43-56(33-36-60(63)72)87-68(81)70(8,9)10/h13,15-16,20-21,23-36,40,42-43,46-47,52,57H,14,17-19,22,38-39,41,44-45H2,1-12H3,(H,74,78)/t52-,57+,91?/m0/s1. The number of esters is 3. The van der Waals surface area contributed by atoms with E-state index in [-0.39, 0.29) is 84.1 Å². The Bertz CT molecular complexity index is 3500. The minimum absolute atomic E-state index is 0.0633. The molecule has 1 spiro atoms. The summed E-state index contributed by atoms with van der Waals surface area (Å²) in [6.07, 6.45) is 2.18. The fourth-order valence-corrected chi connectivity index (χ4v) is 13.3. The van der Waals surface area contributed by atoms with Gasteiger partial charge in [-0.25, -0.2) is 9.46 Å². The number of fused-ring (bicyclic) bond motifs is 6. The van der Waals surface area contributed by atoms with Crippen LogP contribution in [0.3, 0.4) is 0 Å². The van der Waals surface area contributed by atoms with E-state index in [2.05, 4.69) is 43.8 Å². The lowest BCUT2D eigenvalue weighted by molar-refractivity contribution is -0.143. The number of hydrogen-bond acceptors (Lipinski definition) is 16. The summed E-state index contributed by atoms with van der Waals surface area (Å²) in [5, 5.41) is 12.5. The summed E-state index contributed by atoms with van der Waals surface area (Å²) < 4.78 is 58.5. The van der Waals surface area contributed by atoms with Crippen molar-refractivity contribution in [1.29, 1.82) is 5.26 Å². The van der Waals surface area contributed by atoms with Crippen LogP contribution in [0.4, 0.5) is 0 Å². The smallest absolute Gasteiger partial charge is 0.340 e. The van der Waals surface area contributed by atoms with E-state index < -0.39 is 60.6 Å². The molecule has 19 heteroatoms. The minimum Gasteiger partial charge on any atom is -0.497 e. The molecule has 9 rings (SSSR count). The number of unbranched alkanes of at least 4 members (excludes halogenated alkanes) is 2. The van der Waals surface area contributed by atoms with Gasteiger partial charge in [0.25, 0.3) is 14.4 Å². The molecule has 0 radical (unpaired) electrons. The van der Waals surface area contributed by atoms with Crippen molar-refractivity contribution in [3.63, 3.8) is 0 Å². The third-order valence-corrected chi connectivity index (χ3v) is 18.5. The van der Waals surface area contributed by atoms with Crippen LogP contribution in [-0.4, -0.2) is 104 Å². The molecule has 1 unspecified atom stereocenters. The van der Waals surface area contributed by atoms with Gasteiger partial charge in [-0.05, 0) is 172 Å². The van der Waals surface area contributed by atoms with Gasteiger partial charge >= 0.3 is 17.9 Å². The van der Waals surface area contributed by atoms with Gasteiger partial charge in [-0.2, -0.15) is 5.26 Å². The summed E-state index contributed by atoms with van der Waals surface area (Å²) in [5.74, 6) is 0.176. The highest BCUT2D eigenvalue weighted by molar-refractivity contribution is 7.44. The van der Waals surface area contributed by atoms with E-state index in [4.69, 9.17) is 42.2 Å². The van der Waals surface area contributed by atoms with E-state index in [1.54, 1.807) is 110 Å². The van der Waals surface area contributed by atoms with E-state index in [0.717, 1.165) is 16.7 Å². The zero-order chi connectivity index (χ0) is 65.4. The van der Waals surface area contributed by atoms with Crippen LogP contribution >= 0.6 is 8.53 Å². The average Bonchev–Trinajstić information content (AvgIpc) is 1.63. The fourth-order valence-electron chi connectivity index (χ4n) is 11.6. The van der Waals surface area contributed by atoms with Crippen molar-refractivity contribution < 1.29 is 66.2 Å². The lowest BCUT2D eigenvalue weighted by atomic mass is 9.77. The molecule has 0 aliphatic carbocycles. The third-order valence-electron chi connectivity index (χ3n) is 16.3. The van der Waals surface area contributed by atoms with E-state index in [1.807, 2.05) is 83.8 Å². The quantitative estimate of drug-likeness (QED) is 0.0186. The number of ether oxygens (including phenoxy) is 7. The Labute approximate surface area is 535 Å². The van der Waals surface area contributed by atoms with Crippen LogP contribution in [0.5, 0.6) is 34.5 Å². The molecule has 3 aliphatic rings. The highest BCUT2D eigenvalue weighted by Crippen LogP contribution is 2.58. The van der Waals surface area contributed by atoms with Gasteiger partial charge in [0.05, 0.1) is 68.5 Å². The molecule has 0 saturated carbocycles. The molecule has 1 saturated heterocycles. The molecule has 18 nitrogen and oxygen atoms in total. The first-order valence-corrected chi connectivity index (χ1v) is 32.1. The molecule has 6 aromatic carbocycles. The maximum absolute atomic E-state index is 14.8. The number of carbonyl (C=O) groups is 5. The maximum atomic E-state index is 14.8. The zero-order valence-corrected chi connectivity index (χ0v) is 55.0. The Balaban J connectivity index is 0.930. The molecule has 6 aromatic rings. The van der Waals surface area contributed by atoms with Crippen LogP contribution in [0.25, 0.3) is 0 Å². The van der Waals surface area contributed by atoms with Gasteiger partial charge in [0.15, 0.2) is 5.60 Å². The monoisotopic (exact) mass is 1260 g/mol. The first-order valence-electron chi connectivity index (χ1n) is 31.0. The van der Waals surface area contributed by atoms with Gasteiger partial charge in [0, 0.05) is 66.0 Å². The second kappa shape index (κ2) is 28.6. The highest BCUT2D eigenvalue weighted by Gasteiger charge is 2.54. The number of benzene rings is 6. The van der Waals surface area contributed by atoms with Crippen molar-refractivity contribution in [2.24, 2.45) is 10.8 Å². The Morgan fingerprint density at radius 3 is 1.78 bits per heavy atom. The molecule has 3 aliphatic heterocycles. The number of methoxy groups -OCH3 is 2. The molecule has 91 heavy (non-hydrogen) atoms. The predicted octanol–water partition coefficient (Wildman–Crippen LogP) is 13.7. The van der Waals surface area contributed by atoms with Crippen molar-refractivity contribution in [1.82, 2.24) is 14.9 Å². The van der Waals surface area contributed by atoms with Crippen LogP contribution in [0, 0.1) is 22.2 Å². The summed E-state index contributed by atoms with van der Waals surface area (Å²) in [6.45, 7) is 19.7. The molecule has 0 bridgehead atoms. The predicted molar refractivity (Wildman–Crippen MR) is 344 cm³/mol. The summed E-state index contributed by atoms with van der Waals surface area (Å²) in [6, 6.07) is 42.0. The first-order chi connectivity index (χ1) is 43.4. The maximum Gasteiger partial charge on any atom is 0.340 e. The Morgan fingerprint density at radius 1 is 0.703 bits per heavy atom. The van der Waals surface area contributed by atoms with Gasteiger partial charge in [-0.1, -0.05) is 61.0 Å². The van der Waals surface area contributed by atoms with Crippen LogP contribution < -0.4 is 29.0 Å². The molecule has 2 amide bonds. The number of nitrogens with one attached hydrogen (secondary N) is 1. The number of amides is 2. The largest absolute Gasteiger partial charge is 0.497 e. The number of hydrogen-bond donors (Lipinski definition) is 1. The van der Waals surface area contributed by atoms with Crippen molar-refractivity contribution >= 4 is 38.2 Å². The van der Waals surface area contributed by atoms with Crippen LogP contribution in [0.2, 0.25) is 0 Å². The fraction of sp³-hybridized carbons (Fsp3) is 0.417. The molecule has 1 N–H and O–H groups in total. The number of likely N-dealkylation sites (tertiary alicyclic amines) is 1. The lowest BCUT2D eigenvalue weighted by Crippen LogP contribution is -2.42. The minimum atomic E-state index is -1.63. The summed E-state index contributed by atoms with van der Waals surface area (Å²) in [5.41, 5.74) is -0.0715. The molecule has 1 fully saturated rings. The van der Waals surface area contributed by atoms with Crippen molar-refractivity contribution in [2.75, 3.05) is 40.5 Å². The van der Waals surface area contributed by atoms with Crippen molar-refractivity contribution in [2.45, 2.75) is 143 Å². The number of carbonyl (C=O) groups excluding carboxylic acids is 5. The second-order valence-electron chi connectivity index (χ2n) is 25.6. The normalized spacial score (nSPS) is 16.1. The summed E-state index contributed by atoms with van der Waals surface area (Å²) in [4.78, 5) is 70.9. The van der Waals surface area contributed by atoms with Crippen LogP contribution in [0.15, 0.2) is 133 Å². The Morgan fingerprint density at radius 2 is 1.25 bits per heavy atom. The van der Waals surface area contributed by atoms with Gasteiger partial charge in [0.1, 0.15) is 40.1 Å². The van der Waals surface area contributed by atoms with Crippen LogP contribution in [0.1, 0.15) is 162 Å². The molecule has 3 atom stereocenters. The molecular weight excluding hydrogens is 1180 g/mol. The van der Waals surface area contributed by atoms with Gasteiger partial charge in [-0.3, -0.25) is 19.2 Å². The van der Waals surface area contributed by atoms with Gasteiger partial charge in [-0.15, -0.1) is 0 Å². The molecule has 3 heterocycles. The van der Waals surface area contributed by atoms with Gasteiger partial charge in [0.2, 0.25) is 5.91 Å². The summed E-state index contributed by atoms with van der Waals surface area (Å²) in [7, 11) is 1.63. The highest BCUT2D eigenvalue weighted by atomic mass is 31.2. The Hall–Kier alpha value is -8.17. The number of nitrogens with zero attached hydrogens (tertiary/aromatic N) is 3. The van der Waals surface area contributed by atoms with E-state index in [1.165, 1.54) is 0 Å². The number of rotatable bonds is 25. The zero-order valence-electron chi connectivity index (χ0n) is 54.1. The lowest BCUT2D eigenvalue weighted by Gasteiger charge is -2.38. The molecule has 480 valence electrons. The van der Waals surface area contributed by atoms with Crippen molar-refractivity contribution in [3.05, 3.63) is 178 Å². The topological polar surface area (TPSA) is 211 Å². The average molecular weight is 1260 g/mol. The Kier molecular flexibility index (Phi) is 21.1. The van der Waals surface area contributed by atoms with Crippen molar-refractivity contribution in [3.8, 4) is 40.6 Å². The van der Waals surface area contributed by atoms with E-state index in [9.17, 15) is 29.2 Å². The van der Waals surface area contributed by atoms with Crippen LogP contribution in [-0.2, 0) is 44.1 Å². The SMILES string of the molecule is COc1ccc(C(OC[C@@H]2C[C@@H](OP(OCCC#N)N(C(C)C)C(C)C)CN2C(=O)CCCCCNC(=O)c2ccc3c(c2)C2(OC3=O)c3ccc(OC(=O)C(C)(C)C)cc3Oc3cc(OC(=O)C(C)(C)C)ccc32)(c2ccccc2)c2ccc(OC)cc2)cc1. The molecule has 0 aromatic heterocycles. The van der Waals surface area contributed by atoms with E-state index in [0.29, 0.717) is 67.0 Å². The third kappa shape index (κ3) is 14.8. The molecular formula is C72H83N4O14P.